The van der Waals surface area contributed by atoms with E-state index in [-0.39, 0.29) is 12.1 Å². The lowest BCUT2D eigenvalue weighted by molar-refractivity contribution is 0.164. The van der Waals surface area contributed by atoms with Crippen LogP contribution in [0.15, 0.2) is 42.5 Å². The summed E-state index contributed by atoms with van der Waals surface area (Å²) in [4.78, 5) is 12.1. The Balaban J connectivity index is 2.07. The molecule has 0 fully saturated rings. The summed E-state index contributed by atoms with van der Waals surface area (Å²) in [6.45, 7) is 0.947. The van der Waals surface area contributed by atoms with Gasteiger partial charge in [-0.05, 0) is 24.4 Å². The fourth-order valence-electron chi connectivity index (χ4n) is 2.28. The Labute approximate surface area is 124 Å². The number of methoxy groups -OCH3 is 1. The number of rotatable bonds is 6. The molecule has 112 valence electrons. The molecule has 1 atom stereocenters. The maximum absolute atomic E-state index is 12.1. The van der Waals surface area contributed by atoms with Gasteiger partial charge in [0.15, 0.2) is 0 Å². The number of hydrogen-bond acceptors (Lipinski definition) is 3. The van der Waals surface area contributed by atoms with Gasteiger partial charge >= 0.3 is 6.03 Å². The Morgan fingerprint density at radius 3 is 2.76 bits per heavy atom. The normalized spacial score (nSPS) is 12.1. The number of nitrogens with two attached hydrogens (primary N) is 1. The van der Waals surface area contributed by atoms with Gasteiger partial charge in [-0.15, -0.1) is 0 Å². The van der Waals surface area contributed by atoms with E-state index in [0.717, 1.165) is 16.5 Å². The van der Waals surface area contributed by atoms with Crippen LogP contribution in [0.3, 0.4) is 0 Å². The minimum Gasteiger partial charge on any atom is -0.383 e. The molecule has 0 saturated heterocycles. The number of hydrogen-bond donors (Lipinski definition) is 3. The van der Waals surface area contributed by atoms with Gasteiger partial charge in [0.25, 0.3) is 0 Å². The summed E-state index contributed by atoms with van der Waals surface area (Å²) in [5.41, 5.74) is 6.32. The first-order valence-corrected chi connectivity index (χ1v) is 6.99. The molecule has 5 nitrogen and oxygen atoms in total. The minimum atomic E-state index is -0.248. The second-order valence-electron chi connectivity index (χ2n) is 4.85. The number of benzene rings is 2. The Hall–Kier alpha value is -2.11. The van der Waals surface area contributed by atoms with Crippen LogP contribution in [-0.2, 0) is 4.74 Å². The van der Waals surface area contributed by atoms with E-state index in [9.17, 15) is 4.79 Å². The van der Waals surface area contributed by atoms with E-state index >= 15 is 0 Å². The van der Waals surface area contributed by atoms with Gasteiger partial charge in [-0.1, -0.05) is 36.4 Å². The van der Waals surface area contributed by atoms with Gasteiger partial charge in [0.05, 0.1) is 18.3 Å². The van der Waals surface area contributed by atoms with Crippen molar-refractivity contribution in [2.75, 3.05) is 25.6 Å². The van der Waals surface area contributed by atoms with E-state index in [0.29, 0.717) is 19.6 Å². The van der Waals surface area contributed by atoms with E-state index in [1.54, 1.807) is 7.11 Å². The van der Waals surface area contributed by atoms with Crippen molar-refractivity contribution in [3.8, 4) is 0 Å². The van der Waals surface area contributed by atoms with Gasteiger partial charge in [0.1, 0.15) is 0 Å². The summed E-state index contributed by atoms with van der Waals surface area (Å²) >= 11 is 0. The van der Waals surface area contributed by atoms with Gasteiger partial charge in [0.2, 0.25) is 0 Å². The first-order valence-electron chi connectivity index (χ1n) is 6.99. The van der Waals surface area contributed by atoms with E-state index in [2.05, 4.69) is 10.6 Å². The number of fused-ring (bicyclic) bond motifs is 1. The van der Waals surface area contributed by atoms with Crippen LogP contribution in [0.25, 0.3) is 10.8 Å². The van der Waals surface area contributed by atoms with E-state index in [1.807, 2.05) is 42.5 Å². The first kappa shape index (κ1) is 15.3. The number of urea groups is 1. The van der Waals surface area contributed by atoms with Crippen LogP contribution in [0.4, 0.5) is 10.5 Å². The highest BCUT2D eigenvalue weighted by Crippen LogP contribution is 2.22. The van der Waals surface area contributed by atoms with Crippen molar-refractivity contribution >= 4 is 22.5 Å². The largest absolute Gasteiger partial charge is 0.383 e. The molecule has 0 aliphatic rings. The Kier molecular flexibility index (Phi) is 5.54. The smallest absolute Gasteiger partial charge is 0.319 e. The molecule has 0 heterocycles. The summed E-state index contributed by atoms with van der Waals surface area (Å²) in [6.07, 6.45) is 0.677. The number of carbonyl (C=O) groups is 1. The topological polar surface area (TPSA) is 76.4 Å². The molecule has 21 heavy (non-hydrogen) atoms. The fraction of sp³-hybridized carbons (Fsp3) is 0.312. The summed E-state index contributed by atoms with van der Waals surface area (Å²) in [6, 6.07) is 13.4. The van der Waals surface area contributed by atoms with E-state index in [4.69, 9.17) is 10.5 Å². The monoisotopic (exact) mass is 287 g/mol. The Bertz CT molecular complexity index is 590. The maximum atomic E-state index is 12.1. The van der Waals surface area contributed by atoms with Crippen molar-refractivity contribution in [2.24, 2.45) is 5.73 Å². The average Bonchev–Trinajstić information content (AvgIpc) is 2.48. The third-order valence-electron chi connectivity index (χ3n) is 3.26. The quantitative estimate of drug-likeness (QED) is 0.763. The zero-order chi connectivity index (χ0) is 15.1. The van der Waals surface area contributed by atoms with Crippen LogP contribution in [0.5, 0.6) is 0 Å². The zero-order valence-corrected chi connectivity index (χ0v) is 12.1. The van der Waals surface area contributed by atoms with Crippen molar-refractivity contribution in [3.63, 3.8) is 0 Å². The molecule has 0 aliphatic heterocycles. The summed E-state index contributed by atoms with van der Waals surface area (Å²) in [5.74, 6) is 0. The molecule has 2 aromatic rings. The lowest BCUT2D eigenvalue weighted by atomic mass is 10.1. The predicted molar refractivity (Wildman–Crippen MR) is 85.4 cm³/mol. The van der Waals surface area contributed by atoms with Gasteiger partial charge in [0, 0.05) is 12.5 Å². The van der Waals surface area contributed by atoms with Crippen LogP contribution in [0.2, 0.25) is 0 Å². The molecule has 2 amide bonds. The average molecular weight is 287 g/mol. The molecule has 2 rings (SSSR count). The van der Waals surface area contributed by atoms with Crippen molar-refractivity contribution in [1.82, 2.24) is 5.32 Å². The number of anilines is 1. The van der Waals surface area contributed by atoms with Gasteiger partial charge < -0.3 is 21.1 Å². The van der Waals surface area contributed by atoms with Crippen LogP contribution >= 0.6 is 0 Å². The highest BCUT2D eigenvalue weighted by atomic mass is 16.5. The number of carbonyl (C=O) groups excluding carboxylic acids is 1. The molecule has 1 unspecified atom stereocenters. The standard InChI is InChI=1S/C16H21N3O2/c1-21-11-13(9-10-17)18-16(20)19-15-8-4-6-12-5-2-3-7-14(12)15/h2-8,13H,9-11,17H2,1H3,(H2,18,19,20). The SMILES string of the molecule is COCC(CCN)NC(=O)Nc1cccc2ccccc12. The summed E-state index contributed by atoms with van der Waals surface area (Å²) in [7, 11) is 1.60. The van der Waals surface area contributed by atoms with Crippen LogP contribution in [0, 0.1) is 0 Å². The highest BCUT2D eigenvalue weighted by molar-refractivity contribution is 6.01. The van der Waals surface area contributed by atoms with Gasteiger partial charge in [-0.25, -0.2) is 4.79 Å². The third-order valence-corrected chi connectivity index (χ3v) is 3.26. The molecule has 0 aliphatic carbocycles. The minimum absolute atomic E-state index is 0.0880. The number of amides is 2. The van der Waals surface area contributed by atoms with Crippen molar-refractivity contribution in [2.45, 2.75) is 12.5 Å². The highest BCUT2D eigenvalue weighted by Gasteiger charge is 2.12. The van der Waals surface area contributed by atoms with Gasteiger partial charge in [-0.3, -0.25) is 0 Å². The van der Waals surface area contributed by atoms with Crippen LogP contribution in [-0.4, -0.2) is 32.3 Å². The van der Waals surface area contributed by atoms with Crippen LogP contribution in [0.1, 0.15) is 6.42 Å². The summed E-state index contributed by atoms with van der Waals surface area (Å²) < 4.78 is 5.08. The third kappa shape index (κ3) is 4.18. The van der Waals surface area contributed by atoms with E-state index < -0.39 is 0 Å². The molecule has 2 aromatic carbocycles. The van der Waals surface area contributed by atoms with E-state index in [1.165, 1.54) is 0 Å². The maximum Gasteiger partial charge on any atom is 0.319 e. The Morgan fingerprint density at radius 2 is 2.00 bits per heavy atom. The summed E-state index contributed by atoms with van der Waals surface area (Å²) in [5, 5.41) is 7.86. The lowest BCUT2D eigenvalue weighted by Gasteiger charge is -2.18. The van der Waals surface area contributed by atoms with Gasteiger partial charge in [-0.2, -0.15) is 0 Å². The number of nitrogens with one attached hydrogen (secondary N) is 2. The zero-order valence-electron chi connectivity index (χ0n) is 12.1. The lowest BCUT2D eigenvalue weighted by Crippen LogP contribution is -2.41. The van der Waals surface area contributed by atoms with Crippen LogP contribution < -0.4 is 16.4 Å². The van der Waals surface area contributed by atoms with Crippen molar-refractivity contribution < 1.29 is 9.53 Å². The van der Waals surface area contributed by atoms with Crippen molar-refractivity contribution in [3.05, 3.63) is 42.5 Å². The molecule has 0 radical (unpaired) electrons. The first-order chi connectivity index (χ1) is 10.2. The molecule has 0 saturated carbocycles. The molecule has 4 N–H and O–H groups in total. The number of ether oxygens (including phenoxy) is 1. The fourth-order valence-corrected chi connectivity index (χ4v) is 2.28. The Morgan fingerprint density at radius 1 is 1.24 bits per heavy atom. The molecule has 0 spiro atoms. The predicted octanol–water partition coefficient (Wildman–Crippen LogP) is 2.33. The second kappa shape index (κ2) is 7.61. The molecule has 0 aromatic heterocycles. The molecule has 5 heteroatoms. The molecular weight excluding hydrogens is 266 g/mol. The molecule has 0 bridgehead atoms. The second-order valence-corrected chi connectivity index (χ2v) is 4.85. The van der Waals surface area contributed by atoms with Crippen molar-refractivity contribution in [1.29, 1.82) is 0 Å². The molecular formula is C16H21N3O2.